The SMILES string of the molecule is COCc1nc(C(C)(C)C)c(-c2n[nH]c(=S)n2C)s1. The molecule has 19 heavy (non-hydrogen) atoms. The van der Waals surface area contributed by atoms with Crippen LogP contribution in [0.4, 0.5) is 0 Å². The Labute approximate surface area is 121 Å². The van der Waals surface area contributed by atoms with E-state index in [9.17, 15) is 0 Å². The largest absolute Gasteiger partial charge is 0.378 e. The van der Waals surface area contributed by atoms with Gasteiger partial charge in [0.1, 0.15) is 5.01 Å². The van der Waals surface area contributed by atoms with Crippen molar-refractivity contribution >= 4 is 23.6 Å². The number of thiazole rings is 1. The molecule has 0 radical (unpaired) electrons. The molecule has 0 aliphatic rings. The van der Waals surface area contributed by atoms with Gasteiger partial charge in [0.15, 0.2) is 10.6 Å². The summed E-state index contributed by atoms with van der Waals surface area (Å²) in [5.74, 6) is 0.828. The monoisotopic (exact) mass is 298 g/mol. The van der Waals surface area contributed by atoms with Crippen molar-refractivity contribution in [3.05, 3.63) is 15.5 Å². The topological polar surface area (TPSA) is 55.7 Å². The van der Waals surface area contributed by atoms with Gasteiger partial charge in [0.25, 0.3) is 0 Å². The van der Waals surface area contributed by atoms with Crippen molar-refractivity contribution < 1.29 is 4.74 Å². The van der Waals surface area contributed by atoms with Crippen molar-refractivity contribution in [2.45, 2.75) is 32.8 Å². The van der Waals surface area contributed by atoms with Crippen molar-refractivity contribution in [3.8, 4) is 10.7 Å². The molecule has 0 aliphatic heterocycles. The van der Waals surface area contributed by atoms with E-state index in [0.29, 0.717) is 11.4 Å². The van der Waals surface area contributed by atoms with Gasteiger partial charge >= 0.3 is 0 Å². The number of rotatable bonds is 3. The highest BCUT2D eigenvalue weighted by atomic mass is 32.1. The molecule has 0 unspecified atom stereocenters. The van der Waals surface area contributed by atoms with E-state index >= 15 is 0 Å². The molecule has 0 spiro atoms. The van der Waals surface area contributed by atoms with Crippen LogP contribution in [-0.2, 0) is 23.8 Å². The quantitative estimate of drug-likeness (QED) is 0.885. The van der Waals surface area contributed by atoms with Crippen LogP contribution in [-0.4, -0.2) is 26.9 Å². The second kappa shape index (κ2) is 5.15. The lowest BCUT2D eigenvalue weighted by Gasteiger charge is -2.17. The highest BCUT2D eigenvalue weighted by molar-refractivity contribution is 7.71. The molecule has 104 valence electrons. The Morgan fingerprint density at radius 2 is 2.11 bits per heavy atom. The summed E-state index contributed by atoms with van der Waals surface area (Å²) < 4.78 is 7.65. The van der Waals surface area contributed by atoms with Gasteiger partial charge in [-0.1, -0.05) is 20.8 Å². The first-order valence-corrected chi connectivity index (χ1v) is 7.18. The minimum atomic E-state index is -0.0502. The molecule has 5 nitrogen and oxygen atoms in total. The maximum Gasteiger partial charge on any atom is 0.195 e. The van der Waals surface area contributed by atoms with Gasteiger partial charge in [-0.2, -0.15) is 5.10 Å². The second-order valence-corrected chi connectivity index (χ2v) is 6.85. The zero-order valence-corrected chi connectivity index (χ0v) is 13.4. The number of nitrogens with zero attached hydrogens (tertiary/aromatic N) is 3. The van der Waals surface area contributed by atoms with Gasteiger partial charge < -0.3 is 9.30 Å². The van der Waals surface area contributed by atoms with E-state index in [1.54, 1.807) is 18.4 Å². The van der Waals surface area contributed by atoms with Crippen LogP contribution in [0.3, 0.4) is 0 Å². The van der Waals surface area contributed by atoms with Gasteiger partial charge in [-0.05, 0) is 12.2 Å². The van der Waals surface area contributed by atoms with Crippen molar-refractivity contribution in [3.63, 3.8) is 0 Å². The summed E-state index contributed by atoms with van der Waals surface area (Å²) in [4.78, 5) is 5.74. The molecule has 0 saturated heterocycles. The lowest BCUT2D eigenvalue weighted by molar-refractivity contribution is 0.184. The van der Waals surface area contributed by atoms with E-state index in [0.717, 1.165) is 21.4 Å². The van der Waals surface area contributed by atoms with Crippen LogP contribution in [0.5, 0.6) is 0 Å². The Bertz CT molecular complexity index is 633. The molecule has 2 aromatic rings. The van der Waals surface area contributed by atoms with Gasteiger partial charge in [0.05, 0.1) is 17.2 Å². The molecule has 2 rings (SSSR count). The van der Waals surface area contributed by atoms with Gasteiger partial charge in [0, 0.05) is 19.6 Å². The number of nitrogens with one attached hydrogen (secondary N) is 1. The fourth-order valence-electron chi connectivity index (χ4n) is 1.76. The number of aromatic amines is 1. The number of aromatic nitrogens is 4. The average Bonchev–Trinajstić information content (AvgIpc) is 2.85. The minimum absolute atomic E-state index is 0.0502. The molecule has 0 aromatic carbocycles. The molecule has 1 N–H and O–H groups in total. The van der Waals surface area contributed by atoms with E-state index in [1.807, 2.05) is 11.6 Å². The van der Waals surface area contributed by atoms with E-state index in [1.165, 1.54) is 0 Å². The van der Waals surface area contributed by atoms with Crippen LogP contribution in [0, 0.1) is 4.77 Å². The van der Waals surface area contributed by atoms with Crippen molar-refractivity contribution in [2.24, 2.45) is 7.05 Å². The third-order valence-corrected chi connectivity index (χ3v) is 4.12. The molecule has 0 atom stereocenters. The highest BCUT2D eigenvalue weighted by Gasteiger charge is 2.26. The summed E-state index contributed by atoms with van der Waals surface area (Å²) in [7, 11) is 3.58. The molecule has 0 fully saturated rings. The van der Waals surface area contributed by atoms with Crippen LogP contribution in [0.1, 0.15) is 31.5 Å². The zero-order chi connectivity index (χ0) is 14.2. The van der Waals surface area contributed by atoms with Gasteiger partial charge in [-0.3, -0.25) is 5.10 Å². The summed E-state index contributed by atoms with van der Waals surface area (Å²) in [6.45, 7) is 6.94. The number of H-pyrrole nitrogens is 1. The smallest absolute Gasteiger partial charge is 0.195 e. The summed E-state index contributed by atoms with van der Waals surface area (Å²) >= 11 is 6.78. The molecule has 2 aromatic heterocycles. The highest BCUT2D eigenvalue weighted by Crippen LogP contribution is 2.36. The lowest BCUT2D eigenvalue weighted by atomic mass is 9.91. The summed E-state index contributed by atoms with van der Waals surface area (Å²) in [6, 6.07) is 0. The van der Waals surface area contributed by atoms with E-state index in [4.69, 9.17) is 21.9 Å². The zero-order valence-electron chi connectivity index (χ0n) is 11.8. The first kappa shape index (κ1) is 14.4. The Morgan fingerprint density at radius 3 is 2.58 bits per heavy atom. The van der Waals surface area contributed by atoms with Crippen LogP contribution >= 0.6 is 23.6 Å². The summed E-state index contributed by atoms with van der Waals surface area (Å²) in [6.07, 6.45) is 0. The lowest BCUT2D eigenvalue weighted by Crippen LogP contribution is -2.14. The van der Waals surface area contributed by atoms with Gasteiger partial charge in [0.2, 0.25) is 0 Å². The van der Waals surface area contributed by atoms with Gasteiger partial charge in [-0.15, -0.1) is 11.3 Å². The normalized spacial score (nSPS) is 12.1. The molecule has 0 aliphatic carbocycles. The molecular weight excluding hydrogens is 280 g/mol. The van der Waals surface area contributed by atoms with E-state index in [-0.39, 0.29) is 5.41 Å². The molecular formula is C12H18N4OS2. The number of hydrogen-bond donors (Lipinski definition) is 1. The molecule has 0 amide bonds. The Kier molecular flexibility index (Phi) is 3.89. The third kappa shape index (κ3) is 2.77. The van der Waals surface area contributed by atoms with E-state index < -0.39 is 0 Å². The predicted octanol–water partition coefficient (Wildman–Crippen LogP) is 3.05. The first-order valence-electron chi connectivity index (χ1n) is 5.95. The Hall–Kier alpha value is -1.05. The number of ether oxygens (including phenoxy) is 1. The van der Waals surface area contributed by atoms with Crippen LogP contribution in [0.25, 0.3) is 10.7 Å². The summed E-state index contributed by atoms with van der Waals surface area (Å²) in [5.41, 5.74) is 0.979. The van der Waals surface area contributed by atoms with Crippen LogP contribution < -0.4 is 0 Å². The van der Waals surface area contributed by atoms with Crippen LogP contribution in [0.15, 0.2) is 0 Å². The fourth-order valence-corrected chi connectivity index (χ4v) is 3.16. The fraction of sp³-hybridized carbons (Fsp3) is 0.583. The first-order chi connectivity index (χ1) is 8.84. The standard InChI is InChI=1S/C12H18N4OS2/c1-12(2,3)9-8(19-7(13-9)6-17-5)10-14-15-11(18)16(10)4/h6H2,1-5H3,(H,15,18). The second-order valence-electron chi connectivity index (χ2n) is 5.38. The van der Waals surface area contributed by atoms with Crippen molar-refractivity contribution in [1.29, 1.82) is 0 Å². The average molecular weight is 298 g/mol. The third-order valence-electron chi connectivity index (χ3n) is 2.73. The Balaban J connectivity index is 2.61. The number of hydrogen-bond acceptors (Lipinski definition) is 5. The predicted molar refractivity (Wildman–Crippen MR) is 78.9 cm³/mol. The maximum atomic E-state index is 5.17. The van der Waals surface area contributed by atoms with Crippen molar-refractivity contribution in [1.82, 2.24) is 19.7 Å². The van der Waals surface area contributed by atoms with Gasteiger partial charge in [-0.25, -0.2) is 4.98 Å². The molecule has 0 saturated carbocycles. The Morgan fingerprint density at radius 1 is 1.42 bits per heavy atom. The van der Waals surface area contributed by atoms with Crippen molar-refractivity contribution in [2.75, 3.05) is 7.11 Å². The van der Waals surface area contributed by atoms with E-state index in [2.05, 4.69) is 31.0 Å². The minimum Gasteiger partial charge on any atom is -0.378 e. The molecule has 0 bridgehead atoms. The summed E-state index contributed by atoms with van der Waals surface area (Å²) in [5, 5.41) is 8.08. The molecule has 2 heterocycles. The number of methoxy groups -OCH3 is 1. The van der Waals surface area contributed by atoms with Crippen LogP contribution in [0.2, 0.25) is 0 Å². The molecule has 7 heteroatoms. The maximum absolute atomic E-state index is 5.17.